The van der Waals surface area contributed by atoms with Gasteiger partial charge in [-0.1, -0.05) is 0 Å². The SMILES string of the molecule is NC(=O)CCOCC1CN(C(N)=O)C1. The van der Waals surface area contributed by atoms with Gasteiger partial charge in [0.1, 0.15) is 0 Å². The molecule has 1 saturated heterocycles. The Labute approximate surface area is 82.2 Å². The number of urea groups is 1. The van der Waals surface area contributed by atoms with E-state index in [0.717, 1.165) is 0 Å². The number of amides is 3. The molecule has 80 valence electrons. The van der Waals surface area contributed by atoms with E-state index in [1.807, 2.05) is 0 Å². The Hall–Kier alpha value is -1.30. The van der Waals surface area contributed by atoms with E-state index in [-0.39, 0.29) is 12.3 Å². The molecule has 1 aliphatic heterocycles. The van der Waals surface area contributed by atoms with Crippen LogP contribution in [-0.2, 0) is 9.53 Å². The molecule has 0 unspecified atom stereocenters. The van der Waals surface area contributed by atoms with Crippen LogP contribution in [0.25, 0.3) is 0 Å². The molecule has 6 heteroatoms. The second-order valence-corrected chi connectivity index (χ2v) is 3.40. The molecule has 1 fully saturated rings. The highest BCUT2D eigenvalue weighted by atomic mass is 16.5. The van der Waals surface area contributed by atoms with Crippen molar-refractivity contribution in [2.24, 2.45) is 17.4 Å². The van der Waals surface area contributed by atoms with Crippen molar-refractivity contribution in [2.45, 2.75) is 6.42 Å². The van der Waals surface area contributed by atoms with E-state index in [2.05, 4.69) is 0 Å². The van der Waals surface area contributed by atoms with Crippen LogP contribution in [-0.4, -0.2) is 43.1 Å². The summed E-state index contributed by atoms with van der Waals surface area (Å²) in [5, 5.41) is 0. The molecular formula is C8H15N3O3. The lowest BCUT2D eigenvalue weighted by Gasteiger charge is -2.37. The van der Waals surface area contributed by atoms with Gasteiger partial charge >= 0.3 is 6.03 Å². The molecular weight excluding hydrogens is 186 g/mol. The Bertz CT molecular complexity index is 226. The summed E-state index contributed by atoms with van der Waals surface area (Å²) in [7, 11) is 0. The van der Waals surface area contributed by atoms with Crippen LogP contribution in [0, 0.1) is 5.92 Å². The standard InChI is InChI=1S/C8H15N3O3/c9-7(12)1-2-14-5-6-3-11(4-6)8(10)13/h6H,1-5H2,(H2,9,12)(H2,10,13). The van der Waals surface area contributed by atoms with Crippen LogP contribution >= 0.6 is 0 Å². The lowest BCUT2D eigenvalue weighted by atomic mass is 10.0. The summed E-state index contributed by atoms with van der Waals surface area (Å²) in [6, 6.07) is -0.390. The van der Waals surface area contributed by atoms with Crippen LogP contribution in [0.15, 0.2) is 0 Å². The maximum absolute atomic E-state index is 10.6. The quantitative estimate of drug-likeness (QED) is 0.551. The summed E-state index contributed by atoms with van der Waals surface area (Å²) in [5.41, 5.74) is 9.97. The molecule has 0 aliphatic carbocycles. The molecule has 0 bridgehead atoms. The topological polar surface area (TPSA) is 98.7 Å². The molecule has 1 aliphatic rings. The van der Waals surface area contributed by atoms with E-state index in [1.54, 1.807) is 4.90 Å². The van der Waals surface area contributed by atoms with Gasteiger partial charge in [0, 0.05) is 25.4 Å². The van der Waals surface area contributed by atoms with Crippen LogP contribution in [0.2, 0.25) is 0 Å². The van der Waals surface area contributed by atoms with Crippen LogP contribution in [0.1, 0.15) is 6.42 Å². The van der Waals surface area contributed by atoms with E-state index in [1.165, 1.54) is 0 Å². The lowest BCUT2D eigenvalue weighted by Crippen LogP contribution is -2.53. The van der Waals surface area contributed by atoms with E-state index < -0.39 is 6.03 Å². The van der Waals surface area contributed by atoms with Gasteiger partial charge in [-0.05, 0) is 0 Å². The summed E-state index contributed by atoms with van der Waals surface area (Å²) >= 11 is 0. The van der Waals surface area contributed by atoms with Crippen LogP contribution in [0.4, 0.5) is 4.79 Å². The number of rotatable bonds is 5. The molecule has 3 amide bonds. The molecule has 0 saturated carbocycles. The number of likely N-dealkylation sites (tertiary alicyclic amines) is 1. The van der Waals surface area contributed by atoms with Gasteiger partial charge < -0.3 is 21.1 Å². The first kappa shape index (κ1) is 10.8. The molecule has 0 aromatic carbocycles. The number of nitrogens with two attached hydrogens (primary N) is 2. The van der Waals surface area contributed by atoms with Gasteiger partial charge in [-0.3, -0.25) is 4.79 Å². The van der Waals surface area contributed by atoms with Crippen molar-refractivity contribution in [3.63, 3.8) is 0 Å². The fourth-order valence-corrected chi connectivity index (χ4v) is 1.28. The maximum Gasteiger partial charge on any atom is 0.314 e. The minimum absolute atomic E-state index is 0.242. The number of hydrogen-bond acceptors (Lipinski definition) is 3. The van der Waals surface area contributed by atoms with Gasteiger partial charge in [-0.2, -0.15) is 0 Å². The van der Waals surface area contributed by atoms with E-state index in [0.29, 0.717) is 32.2 Å². The molecule has 14 heavy (non-hydrogen) atoms. The van der Waals surface area contributed by atoms with Crippen molar-refractivity contribution in [3.8, 4) is 0 Å². The molecule has 0 atom stereocenters. The molecule has 1 heterocycles. The zero-order valence-electron chi connectivity index (χ0n) is 7.94. The number of carbonyl (C=O) groups excluding carboxylic acids is 2. The minimum Gasteiger partial charge on any atom is -0.380 e. The number of hydrogen-bond donors (Lipinski definition) is 2. The van der Waals surface area contributed by atoms with E-state index in [9.17, 15) is 9.59 Å². The Kier molecular flexibility index (Phi) is 3.70. The number of carbonyl (C=O) groups is 2. The summed E-state index contributed by atoms with van der Waals surface area (Å²) in [5.74, 6) is -0.0206. The average molecular weight is 201 g/mol. The van der Waals surface area contributed by atoms with E-state index >= 15 is 0 Å². The first-order valence-electron chi connectivity index (χ1n) is 4.50. The zero-order chi connectivity index (χ0) is 10.6. The first-order valence-corrected chi connectivity index (χ1v) is 4.50. The monoisotopic (exact) mass is 201 g/mol. The predicted octanol–water partition coefficient (Wildman–Crippen LogP) is -1.11. The van der Waals surface area contributed by atoms with Crippen molar-refractivity contribution in [2.75, 3.05) is 26.3 Å². The third-order valence-corrected chi connectivity index (χ3v) is 2.12. The van der Waals surface area contributed by atoms with Crippen molar-refractivity contribution in [1.29, 1.82) is 0 Å². The zero-order valence-corrected chi connectivity index (χ0v) is 7.94. The van der Waals surface area contributed by atoms with Crippen molar-refractivity contribution < 1.29 is 14.3 Å². The van der Waals surface area contributed by atoms with Gasteiger partial charge in [-0.25, -0.2) is 4.79 Å². The molecule has 4 N–H and O–H groups in total. The Morgan fingerprint density at radius 2 is 2.00 bits per heavy atom. The molecule has 6 nitrogen and oxygen atoms in total. The smallest absolute Gasteiger partial charge is 0.314 e. The highest BCUT2D eigenvalue weighted by molar-refractivity contribution is 5.73. The molecule has 0 aromatic rings. The fourth-order valence-electron chi connectivity index (χ4n) is 1.28. The van der Waals surface area contributed by atoms with Gasteiger partial charge in [-0.15, -0.1) is 0 Å². The van der Waals surface area contributed by atoms with Crippen molar-refractivity contribution in [3.05, 3.63) is 0 Å². The fraction of sp³-hybridized carbons (Fsp3) is 0.750. The lowest BCUT2D eigenvalue weighted by molar-refractivity contribution is -0.119. The van der Waals surface area contributed by atoms with Crippen LogP contribution in [0.3, 0.4) is 0 Å². The molecule has 0 aromatic heterocycles. The Balaban J connectivity index is 1.96. The van der Waals surface area contributed by atoms with Gasteiger partial charge in [0.15, 0.2) is 0 Å². The predicted molar refractivity (Wildman–Crippen MR) is 49.3 cm³/mol. The molecule has 1 rings (SSSR count). The highest BCUT2D eigenvalue weighted by Gasteiger charge is 2.28. The minimum atomic E-state index is -0.390. The van der Waals surface area contributed by atoms with Crippen molar-refractivity contribution >= 4 is 11.9 Å². The second kappa shape index (κ2) is 4.80. The molecule has 0 radical (unpaired) electrons. The number of ether oxygens (including phenoxy) is 1. The Morgan fingerprint density at radius 3 is 2.50 bits per heavy atom. The van der Waals surface area contributed by atoms with E-state index in [4.69, 9.17) is 16.2 Å². The largest absolute Gasteiger partial charge is 0.380 e. The normalized spacial score (nSPS) is 16.4. The first-order chi connectivity index (χ1) is 6.59. The summed E-state index contributed by atoms with van der Waals surface area (Å²) in [6.07, 6.45) is 0.242. The van der Waals surface area contributed by atoms with Gasteiger partial charge in [0.2, 0.25) is 5.91 Å². The second-order valence-electron chi connectivity index (χ2n) is 3.40. The maximum atomic E-state index is 10.6. The van der Waals surface area contributed by atoms with Crippen molar-refractivity contribution in [1.82, 2.24) is 4.90 Å². The molecule has 0 spiro atoms. The summed E-state index contributed by atoms with van der Waals surface area (Å²) in [4.78, 5) is 22.5. The van der Waals surface area contributed by atoms with Gasteiger partial charge in [0.25, 0.3) is 0 Å². The third-order valence-electron chi connectivity index (χ3n) is 2.12. The summed E-state index contributed by atoms with van der Waals surface area (Å²) < 4.78 is 5.20. The highest BCUT2D eigenvalue weighted by Crippen LogP contribution is 2.14. The Morgan fingerprint density at radius 1 is 1.36 bits per heavy atom. The summed E-state index contributed by atoms with van der Waals surface area (Å²) in [6.45, 7) is 2.19. The van der Waals surface area contributed by atoms with Crippen LogP contribution in [0.5, 0.6) is 0 Å². The third kappa shape index (κ3) is 3.21. The number of nitrogens with zero attached hydrogens (tertiary/aromatic N) is 1. The average Bonchev–Trinajstić information content (AvgIpc) is 1.98. The van der Waals surface area contributed by atoms with Gasteiger partial charge in [0.05, 0.1) is 13.2 Å². The van der Waals surface area contributed by atoms with Crippen LogP contribution < -0.4 is 11.5 Å². The number of primary amides is 2.